The first-order chi connectivity index (χ1) is 5.90. The summed E-state index contributed by atoms with van der Waals surface area (Å²) in [4.78, 5) is 0. The summed E-state index contributed by atoms with van der Waals surface area (Å²) in [7, 11) is 0. The van der Waals surface area contributed by atoms with E-state index in [9.17, 15) is 0 Å². The van der Waals surface area contributed by atoms with Gasteiger partial charge in [0.05, 0.1) is 36.6 Å². The Bertz CT molecular complexity index is 174. The van der Waals surface area contributed by atoms with Crippen LogP contribution in [0.2, 0.25) is 0 Å². The van der Waals surface area contributed by atoms with Gasteiger partial charge in [0.1, 0.15) is 0 Å². The fourth-order valence-corrected chi connectivity index (χ4v) is 2.47. The van der Waals surface area contributed by atoms with E-state index >= 15 is 0 Å². The Morgan fingerprint density at radius 2 is 0.750 bits per heavy atom. The zero-order valence-electron chi connectivity index (χ0n) is 6.81. The summed E-state index contributed by atoms with van der Waals surface area (Å²) in [6, 6.07) is 0. The molecule has 0 aromatic heterocycles. The van der Waals surface area contributed by atoms with Gasteiger partial charge in [-0.15, -0.1) is 0 Å². The van der Waals surface area contributed by atoms with Gasteiger partial charge in [-0.25, -0.2) is 0 Å². The normalized spacial score (nSPS) is 66.0. The molecule has 1 saturated carbocycles. The van der Waals surface area contributed by atoms with E-state index in [-0.39, 0.29) is 0 Å². The highest BCUT2D eigenvalue weighted by atomic mass is 16.6. The Hall–Kier alpha value is -0.120. The van der Waals surface area contributed by atoms with Gasteiger partial charge in [-0.05, 0) is 0 Å². The Labute approximate surface area is 71.0 Å². The fraction of sp³-hybridized carbons (Fsp3) is 1.00. The molecule has 0 bridgehead atoms. The third kappa shape index (κ3) is 0.873. The van der Waals surface area contributed by atoms with Crippen molar-refractivity contribution < 1.29 is 14.2 Å². The average molecular weight is 168 g/mol. The van der Waals surface area contributed by atoms with E-state index in [0.29, 0.717) is 36.6 Å². The first kappa shape index (κ1) is 6.35. The molecule has 4 fully saturated rings. The number of fused-ring (bicyclic) bond motifs is 3. The smallest absolute Gasteiger partial charge is 0.0868 e. The van der Waals surface area contributed by atoms with E-state index in [0.717, 1.165) is 19.3 Å². The van der Waals surface area contributed by atoms with Crippen molar-refractivity contribution in [2.24, 2.45) is 0 Å². The summed E-state index contributed by atoms with van der Waals surface area (Å²) >= 11 is 0. The monoisotopic (exact) mass is 168 g/mol. The Balaban J connectivity index is 1.55. The van der Waals surface area contributed by atoms with Gasteiger partial charge in [0.25, 0.3) is 0 Å². The van der Waals surface area contributed by atoms with Crippen LogP contribution in [0.4, 0.5) is 0 Å². The molecule has 0 unspecified atom stereocenters. The molecule has 12 heavy (non-hydrogen) atoms. The first-order valence-electron chi connectivity index (χ1n) is 4.86. The molecule has 0 aromatic rings. The molecular formula is C9H12O3. The van der Waals surface area contributed by atoms with Gasteiger partial charge >= 0.3 is 0 Å². The van der Waals surface area contributed by atoms with E-state index in [4.69, 9.17) is 14.2 Å². The van der Waals surface area contributed by atoms with Gasteiger partial charge in [-0.2, -0.15) is 0 Å². The van der Waals surface area contributed by atoms with Crippen LogP contribution >= 0.6 is 0 Å². The van der Waals surface area contributed by atoms with Crippen LogP contribution in [0.15, 0.2) is 0 Å². The van der Waals surface area contributed by atoms with Gasteiger partial charge in [0.15, 0.2) is 0 Å². The van der Waals surface area contributed by atoms with Crippen LogP contribution in [-0.4, -0.2) is 36.6 Å². The Morgan fingerprint density at radius 3 is 1.00 bits per heavy atom. The molecule has 0 N–H and O–H groups in total. The van der Waals surface area contributed by atoms with Crippen molar-refractivity contribution in [2.45, 2.75) is 55.9 Å². The van der Waals surface area contributed by atoms with Crippen molar-refractivity contribution in [1.82, 2.24) is 0 Å². The summed E-state index contributed by atoms with van der Waals surface area (Å²) in [5.41, 5.74) is 0. The van der Waals surface area contributed by atoms with Crippen molar-refractivity contribution in [1.29, 1.82) is 0 Å². The van der Waals surface area contributed by atoms with Crippen LogP contribution in [0, 0.1) is 0 Å². The molecule has 3 heterocycles. The van der Waals surface area contributed by atoms with E-state index in [2.05, 4.69) is 0 Å². The molecule has 0 radical (unpaired) electrons. The quantitative estimate of drug-likeness (QED) is 0.493. The van der Waals surface area contributed by atoms with Crippen molar-refractivity contribution in [2.75, 3.05) is 0 Å². The molecule has 0 amide bonds. The minimum Gasteiger partial charge on any atom is -0.369 e. The Kier molecular flexibility index (Phi) is 0.986. The molecule has 4 rings (SSSR count). The van der Waals surface area contributed by atoms with Crippen LogP contribution in [0.25, 0.3) is 0 Å². The maximum atomic E-state index is 5.53. The van der Waals surface area contributed by atoms with Gasteiger partial charge in [-0.1, -0.05) is 0 Å². The van der Waals surface area contributed by atoms with Gasteiger partial charge in [0, 0.05) is 19.3 Å². The summed E-state index contributed by atoms with van der Waals surface area (Å²) in [5.74, 6) is 0. The first-order valence-corrected chi connectivity index (χ1v) is 4.86. The zero-order chi connectivity index (χ0) is 7.71. The predicted molar refractivity (Wildman–Crippen MR) is 39.8 cm³/mol. The molecule has 66 valence electrons. The van der Waals surface area contributed by atoms with Gasteiger partial charge < -0.3 is 14.2 Å². The molecule has 3 nitrogen and oxygen atoms in total. The highest BCUT2D eigenvalue weighted by Gasteiger charge is 2.56. The van der Waals surface area contributed by atoms with Crippen LogP contribution in [0.5, 0.6) is 0 Å². The van der Waals surface area contributed by atoms with Crippen LogP contribution in [0.3, 0.4) is 0 Å². The molecule has 0 spiro atoms. The van der Waals surface area contributed by atoms with E-state index in [1.165, 1.54) is 0 Å². The molecule has 3 saturated heterocycles. The molecule has 4 aliphatic rings. The van der Waals surface area contributed by atoms with Crippen LogP contribution in [-0.2, 0) is 14.2 Å². The number of hydrogen-bond acceptors (Lipinski definition) is 3. The van der Waals surface area contributed by atoms with Crippen molar-refractivity contribution >= 4 is 0 Å². The molecule has 3 aliphatic heterocycles. The highest BCUT2D eigenvalue weighted by Crippen LogP contribution is 2.46. The maximum absolute atomic E-state index is 5.53. The summed E-state index contributed by atoms with van der Waals surface area (Å²) < 4.78 is 16.6. The molecule has 6 atom stereocenters. The highest BCUT2D eigenvalue weighted by molar-refractivity contribution is 5.04. The maximum Gasteiger partial charge on any atom is 0.0868 e. The van der Waals surface area contributed by atoms with Crippen molar-refractivity contribution in [3.05, 3.63) is 0 Å². The number of ether oxygens (including phenoxy) is 3. The largest absolute Gasteiger partial charge is 0.369 e. The van der Waals surface area contributed by atoms with E-state index < -0.39 is 0 Å². The molecular weight excluding hydrogens is 156 g/mol. The summed E-state index contributed by atoms with van der Waals surface area (Å²) in [5, 5.41) is 0. The Morgan fingerprint density at radius 1 is 0.500 bits per heavy atom. The third-order valence-electron chi connectivity index (χ3n) is 3.46. The molecule has 1 aliphatic carbocycles. The lowest BCUT2D eigenvalue weighted by molar-refractivity contribution is 0.296. The lowest BCUT2D eigenvalue weighted by atomic mass is 10.1. The van der Waals surface area contributed by atoms with E-state index in [1.807, 2.05) is 0 Å². The standard InChI is InChI=1S/C9H12O3/c1-4-6(10-4)2-8-9(12-8)3-7-5(1)11-7/h4-9H,1-3H2/t4-,5+,6+,7-,8-,9+. The predicted octanol–water partition coefficient (Wildman–Crippen LogP) is 0.472. The van der Waals surface area contributed by atoms with E-state index in [1.54, 1.807) is 0 Å². The topological polar surface area (TPSA) is 37.6 Å². The SMILES string of the molecule is C1[C@@H]2O[C@@H]2C[C@@H]2O[C@@H]2C[C@@H]2O[C@H]12. The van der Waals surface area contributed by atoms with Gasteiger partial charge in [-0.3, -0.25) is 0 Å². The molecule has 3 heteroatoms. The summed E-state index contributed by atoms with van der Waals surface area (Å²) in [6.45, 7) is 0. The second-order valence-corrected chi connectivity index (χ2v) is 4.35. The minimum atomic E-state index is 0.503. The van der Waals surface area contributed by atoms with Crippen LogP contribution in [0.1, 0.15) is 19.3 Å². The lowest BCUT2D eigenvalue weighted by Crippen LogP contribution is -2.01. The van der Waals surface area contributed by atoms with Crippen molar-refractivity contribution in [3.8, 4) is 0 Å². The lowest BCUT2D eigenvalue weighted by Gasteiger charge is -1.87. The minimum absolute atomic E-state index is 0.503. The third-order valence-corrected chi connectivity index (χ3v) is 3.46. The second-order valence-electron chi connectivity index (χ2n) is 4.35. The zero-order valence-corrected chi connectivity index (χ0v) is 6.81. The summed E-state index contributed by atoms with van der Waals surface area (Å²) in [6.07, 6.45) is 6.42. The number of hydrogen-bond donors (Lipinski definition) is 0. The fourth-order valence-electron chi connectivity index (χ4n) is 2.47. The number of rotatable bonds is 0. The molecule has 0 aromatic carbocycles. The average Bonchev–Trinajstić information content (AvgIpc) is 2.88. The number of epoxide rings is 3. The van der Waals surface area contributed by atoms with Crippen LogP contribution < -0.4 is 0 Å². The van der Waals surface area contributed by atoms with Crippen molar-refractivity contribution in [3.63, 3.8) is 0 Å². The van der Waals surface area contributed by atoms with Gasteiger partial charge in [0.2, 0.25) is 0 Å². The second kappa shape index (κ2) is 1.86.